The molecule has 0 aliphatic heterocycles. The fourth-order valence-corrected chi connectivity index (χ4v) is 4.26. The Bertz CT molecular complexity index is 1260. The van der Waals surface area contributed by atoms with Gasteiger partial charge in [-0.25, -0.2) is 12.8 Å². The minimum absolute atomic E-state index is 0.00350. The summed E-state index contributed by atoms with van der Waals surface area (Å²) >= 11 is 0. The van der Waals surface area contributed by atoms with Gasteiger partial charge in [0.2, 0.25) is 21.8 Å². The molecular weight excluding hydrogens is 483 g/mol. The van der Waals surface area contributed by atoms with Crippen molar-refractivity contribution in [1.82, 2.24) is 19.5 Å². The molecule has 0 unspecified atom stereocenters. The zero-order valence-corrected chi connectivity index (χ0v) is 21.0. The van der Waals surface area contributed by atoms with Gasteiger partial charge in [-0.15, -0.1) is 0 Å². The van der Waals surface area contributed by atoms with Crippen molar-refractivity contribution in [3.8, 4) is 0 Å². The maximum Gasteiger partial charge on any atom is 0.242 e. The van der Waals surface area contributed by atoms with Gasteiger partial charge < -0.3 is 10.2 Å². The number of hydrogen-bond acceptors (Lipinski definition) is 5. The Balaban J connectivity index is 1.80. The van der Waals surface area contributed by atoms with Crippen LogP contribution >= 0.6 is 0 Å². The molecule has 2 amide bonds. The molecule has 2 aromatic carbocycles. The lowest BCUT2D eigenvalue weighted by molar-refractivity contribution is -0.140. The van der Waals surface area contributed by atoms with E-state index in [-0.39, 0.29) is 19.6 Å². The van der Waals surface area contributed by atoms with Gasteiger partial charge in [0.15, 0.2) is 0 Å². The molecule has 0 radical (unpaired) electrons. The van der Waals surface area contributed by atoms with Crippen molar-refractivity contribution in [3.63, 3.8) is 0 Å². The highest BCUT2D eigenvalue weighted by Crippen LogP contribution is 2.14. The highest BCUT2D eigenvalue weighted by Gasteiger charge is 2.29. The standard InChI is InChI=1S/C26H29FN4O4S/c1-20(26(33)29-16-23-9-6-14-28-15-23)31(18-22-10-12-24(27)13-11-22)25(32)19-30(36(2,34)35)17-21-7-4-3-5-8-21/h3-15,20H,16-19H2,1-2H3,(H,29,33)/t20-/m1/s1. The Morgan fingerprint density at radius 3 is 2.19 bits per heavy atom. The zero-order valence-electron chi connectivity index (χ0n) is 20.2. The van der Waals surface area contributed by atoms with Gasteiger partial charge in [0.05, 0.1) is 12.8 Å². The summed E-state index contributed by atoms with van der Waals surface area (Å²) in [5.74, 6) is -1.39. The molecule has 10 heteroatoms. The highest BCUT2D eigenvalue weighted by molar-refractivity contribution is 7.88. The highest BCUT2D eigenvalue weighted by atomic mass is 32.2. The number of halogens is 1. The van der Waals surface area contributed by atoms with E-state index in [1.165, 1.54) is 29.2 Å². The first-order chi connectivity index (χ1) is 17.1. The lowest BCUT2D eigenvalue weighted by atomic mass is 10.1. The van der Waals surface area contributed by atoms with Crippen LogP contribution in [-0.4, -0.2) is 53.3 Å². The van der Waals surface area contributed by atoms with E-state index in [4.69, 9.17) is 0 Å². The van der Waals surface area contributed by atoms with Crippen LogP contribution < -0.4 is 5.32 Å². The topological polar surface area (TPSA) is 99.7 Å². The molecule has 1 aromatic heterocycles. The number of rotatable bonds is 11. The summed E-state index contributed by atoms with van der Waals surface area (Å²) < 4.78 is 39.5. The van der Waals surface area contributed by atoms with Crippen molar-refractivity contribution in [2.45, 2.75) is 32.6 Å². The SMILES string of the molecule is C[C@H](C(=O)NCc1cccnc1)N(Cc1ccc(F)cc1)C(=O)CN(Cc1ccccc1)S(C)(=O)=O. The maximum absolute atomic E-state index is 13.4. The van der Waals surface area contributed by atoms with Gasteiger partial charge >= 0.3 is 0 Å². The molecule has 190 valence electrons. The number of nitrogens with one attached hydrogen (secondary N) is 1. The smallest absolute Gasteiger partial charge is 0.242 e. The number of nitrogens with zero attached hydrogens (tertiary/aromatic N) is 3. The van der Waals surface area contributed by atoms with Crippen molar-refractivity contribution in [3.05, 3.63) is 102 Å². The molecule has 0 spiro atoms. The Hall–Kier alpha value is -3.63. The quantitative estimate of drug-likeness (QED) is 0.426. The third-order valence-electron chi connectivity index (χ3n) is 5.61. The van der Waals surface area contributed by atoms with Crippen molar-refractivity contribution in [1.29, 1.82) is 0 Å². The Kier molecular flexibility index (Phi) is 9.26. The summed E-state index contributed by atoms with van der Waals surface area (Å²) in [6, 6.07) is 17.2. The molecule has 1 atom stereocenters. The fraction of sp³-hybridized carbons (Fsp3) is 0.269. The van der Waals surface area contributed by atoms with Gasteiger partial charge in [0, 0.05) is 32.0 Å². The van der Waals surface area contributed by atoms with E-state index in [9.17, 15) is 22.4 Å². The van der Waals surface area contributed by atoms with E-state index in [2.05, 4.69) is 10.3 Å². The van der Waals surface area contributed by atoms with Gasteiger partial charge in [0.1, 0.15) is 11.9 Å². The number of carbonyl (C=O) groups is 2. The second-order valence-electron chi connectivity index (χ2n) is 8.42. The van der Waals surface area contributed by atoms with Crippen molar-refractivity contribution >= 4 is 21.8 Å². The molecule has 0 aliphatic carbocycles. The van der Waals surface area contributed by atoms with E-state index in [0.29, 0.717) is 5.56 Å². The molecule has 0 aliphatic rings. The van der Waals surface area contributed by atoms with Crippen LogP contribution in [0.15, 0.2) is 79.1 Å². The average molecular weight is 513 g/mol. The van der Waals surface area contributed by atoms with Crippen LogP contribution in [0.5, 0.6) is 0 Å². The Morgan fingerprint density at radius 1 is 0.944 bits per heavy atom. The van der Waals surface area contributed by atoms with Crippen LogP contribution in [0.1, 0.15) is 23.6 Å². The number of hydrogen-bond donors (Lipinski definition) is 1. The zero-order chi connectivity index (χ0) is 26.1. The summed E-state index contributed by atoms with van der Waals surface area (Å²) in [4.78, 5) is 31.7. The molecule has 0 saturated carbocycles. The molecule has 1 N–H and O–H groups in total. The van der Waals surface area contributed by atoms with E-state index in [1.807, 2.05) is 12.1 Å². The number of carbonyl (C=O) groups excluding carboxylic acids is 2. The minimum atomic E-state index is -3.73. The lowest BCUT2D eigenvalue weighted by Crippen LogP contribution is -2.50. The van der Waals surface area contributed by atoms with Crippen molar-refractivity contribution in [2.24, 2.45) is 0 Å². The summed E-state index contributed by atoms with van der Waals surface area (Å²) in [6.07, 6.45) is 4.29. The van der Waals surface area contributed by atoms with Crippen LogP contribution in [-0.2, 0) is 39.2 Å². The number of sulfonamides is 1. The van der Waals surface area contributed by atoms with Crippen molar-refractivity contribution < 1.29 is 22.4 Å². The van der Waals surface area contributed by atoms with Crippen molar-refractivity contribution in [2.75, 3.05) is 12.8 Å². The molecule has 8 nitrogen and oxygen atoms in total. The van der Waals surface area contributed by atoms with Crippen LogP contribution in [0.4, 0.5) is 4.39 Å². The third kappa shape index (κ3) is 7.96. The van der Waals surface area contributed by atoms with E-state index in [0.717, 1.165) is 21.7 Å². The van der Waals surface area contributed by atoms with Gasteiger partial charge in [-0.2, -0.15) is 4.31 Å². The van der Waals surface area contributed by atoms with Crippen LogP contribution in [0.3, 0.4) is 0 Å². The first-order valence-corrected chi connectivity index (χ1v) is 13.2. The lowest BCUT2D eigenvalue weighted by Gasteiger charge is -2.31. The van der Waals surface area contributed by atoms with Crippen LogP contribution in [0, 0.1) is 5.82 Å². The summed E-state index contributed by atoms with van der Waals surface area (Å²) in [5.41, 5.74) is 2.12. The predicted octanol–water partition coefficient (Wildman–Crippen LogP) is 2.72. The molecule has 3 aromatic rings. The second-order valence-corrected chi connectivity index (χ2v) is 10.4. The first-order valence-electron chi connectivity index (χ1n) is 11.3. The Labute approximate surface area is 210 Å². The predicted molar refractivity (Wildman–Crippen MR) is 134 cm³/mol. The number of pyridine rings is 1. The number of amides is 2. The minimum Gasteiger partial charge on any atom is -0.350 e. The number of benzene rings is 2. The summed E-state index contributed by atoms with van der Waals surface area (Å²) in [6.45, 7) is 1.36. The average Bonchev–Trinajstić information content (AvgIpc) is 2.86. The normalized spacial score (nSPS) is 12.2. The molecule has 36 heavy (non-hydrogen) atoms. The van der Waals surface area contributed by atoms with E-state index >= 15 is 0 Å². The maximum atomic E-state index is 13.4. The second kappa shape index (κ2) is 12.4. The van der Waals surface area contributed by atoms with E-state index in [1.54, 1.807) is 49.6 Å². The molecule has 1 heterocycles. The first kappa shape index (κ1) is 27.0. The van der Waals surface area contributed by atoms with Crippen LogP contribution in [0.2, 0.25) is 0 Å². The van der Waals surface area contributed by atoms with E-state index < -0.39 is 40.2 Å². The molecule has 0 saturated heterocycles. The van der Waals surface area contributed by atoms with Gasteiger partial charge in [0.25, 0.3) is 0 Å². The number of aromatic nitrogens is 1. The largest absolute Gasteiger partial charge is 0.350 e. The fourth-order valence-electron chi connectivity index (χ4n) is 3.53. The van der Waals surface area contributed by atoms with Gasteiger partial charge in [-0.1, -0.05) is 48.5 Å². The van der Waals surface area contributed by atoms with Crippen LogP contribution in [0.25, 0.3) is 0 Å². The Morgan fingerprint density at radius 2 is 1.58 bits per heavy atom. The monoisotopic (exact) mass is 512 g/mol. The summed E-state index contributed by atoms with van der Waals surface area (Å²) in [5, 5.41) is 2.79. The van der Waals surface area contributed by atoms with Gasteiger partial charge in [-0.05, 0) is 41.8 Å². The summed E-state index contributed by atoms with van der Waals surface area (Å²) in [7, 11) is -3.73. The van der Waals surface area contributed by atoms with Gasteiger partial charge in [-0.3, -0.25) is 14.6 Å². The molecular formula is C26H29FN4O4S. The molecule has 0 fully saturated rings. The molecule has 3 rings (SSSR count). The molecule has 0 bridgehead atoms. The third-order valence-corrected chi connectivity index (χ3v) is 6.80.